The van der Waals surface area contributed by atoms with Gasteiger partial charge in [0.25, 0.3) is 0 Å². The van der Waals surface area contributed by atoms with Crippen LogP contribution in [0, 0.1) is 0 Å². The molecule has 0 aliphatic rings. The maximum Gasteiger partial charge on any atom is 0.0364 e. The minimum Gasteiger partial charge on any atom is -0.353 e. The minimum atomic E-state index is 0.349. The van der Waals surface area contributed by atoms with E-state index >= 15 is 0 Å². The molecule has 0 spiro atoms. The van der Waals surface area contributed by atoms with Gasteiger partial charge in [0, 0.05) is 36.0 Å². The Hall–Kier alpha value is -1.06. The van der Waals surface area contributed by atoms with E-state index in [-0.39, 0.29) is 0 Å². The summed E-state index contributed by atoms with van der Waals surface area (Å²) in [5, 5.41) is 3.53. The van der Waals surface area contributed by atoms with Crippen LogP contribution >= 0.6 is 15.9 Å². The number of halogens is 1. The molecule has 3 heteroatoms. The summed E-state index contributed by atoms with van der Waals surface area (Å²) >= 11 is 3.50. The number of aryl methyl sites for hydroxylation is 1. The van der Waals surface area contributed by atoms with Gasteiger partial charge in [-0.3, -0.25) is 0 Å². The molecule has 0 fully saturated rings. The molecule has 1 atom stereocenters. The highest BCUT2D eigenvalue weighted by Crippen LogP contribution is 2.18. The molecule has 1 aromatic heterocycles. The standard InChI is InChI=1S/C14H17BrN2/c1-11(12-5-3-6-13(15)9-12)16-10-14-7-4-8-17(14)2/h3-9,11,16H,10H2,1-2H3/t11-/m1/s1. The lowest BCUT2D eigenvalue weighted by atomic mass is 10.1. The zero-order valence-electron chi connectivity index (χ0n) is 10.2. The lowest BCUT2D eigenvalue weighted by molar-refractivity contribution is 0.558. The molecular weight excluding hydrogens is 276 g/mol. The Morgan fingerprint density at radius 1 is 1.29 bits per heavy atom. The maximum atomic E-state index is 3.53. The van der Waals surface area contributed by atoms with Gasteiger partial charge in [-0.25, -0.2) is 0 Å². The Balaban J connectivity index is 1.98. The van der Waals surface area contributed by atoms with Crippen molar-refractivity contribution in [3.8, 4) is 0 Å². The van der Waals surface area contributed by atoms with E-state index in [4.69, 9.17) is 0 Å². The van der Waals surface area contributed by atoms with E-state index in [1.54, 1.807) is 0 Å². The van der Waals surface area contributed by atoms with Crippen molar-refractivity contribution in [2.45, 2.75) is 19.5 Å². The number of hydrogen-bond donors (Lipinski definition) is 1. The van der Waals surface area contributed by atoms with Gasteiger partial charge in [-0.05, 0) is 36.8 Å². The summed E-state index contributed by atoms with van der Waals surface area (Å²) < 4.78 is 3.27. The molecule has 1 heterocycles. The fraction of sp³-hybridized carbons (Fsp3) is 0.286. The molecule has 2 aromatic rings. The largest absolute Gasteiger partial charge is 0.353 e. The number of nitrogens with one attached hydrogen (secondary N) is 1. The summed E-state index contributed by atoms with van der Waals surface area (Å²) in [6, 6.07) is 13.0. The number of benzene rings is 1. The van der Waals surface area contributed by atoms with Gasteiger partial charge in [0.2, 0.25) is 0 Å². The number of rotatable bonds is 4. The predicted molar refractivity (Wildman–Crippen MR) is 74.8 cm³/mol. The summed E-state index contributed by atoms with van der Waals surface area (Å²) in [7, 11) is 2.07. The zero-order chi connectivity index (χ0) is 12.3. The van der Waals surface area contributed by atoms with Crippen LogP contribution in [0.5, 0.6) is 0 Å². The van der Waals surface area contributed by atoms with Gasteiger partial charge in [-0.1, -0.05) is 28.1 Å². The third-order valence-electron chi connectivity index (χ3n) is 2.99. The van der Waals surface area contributed by atoms with Gasteiger partial charge in [0.05, 0.1) is 0 Å². The summed E-state index contributed by atoms with van der Waals surface area (Å²) in [6.45, 7) is 3.07. The van der Waals surface area contributed by atoms with E-state index in [1.807, 2.05) is 6.07 Å². The molecule has 0 bridgehead atoms. The smallest absolute Gasteiger partial charge is 0.0364 e. The first-order chi connectivity index (χ1) is 8.16. The fourth-order valence-corrected chi connectivity index (χ4v) is 2.25. The molecule has 17 heavy (non-hydrogen) atoms. The number of hydrogen-bond acceptors (Lipinski definition) is 1. The van der Waals surface area contributed by atoms with Crippen molar-refractivity contribution in [1.82, 2.24) is 9.88 Å². The van der Waals surface area contributed by atoms with Crippen molar-refractivity contribution in [2.75, 3.05) is 0 Å². The highest BCUT2D eigenvalue weighted by Gasteiger charge is 2.05. The highest BCUT2D eigenvalue weighted by molar-refractivity contribution is 9.10. The Morgan fingerprint density at radius 3 is 2.76 bits per heavy atom. The average Bonchev–Trinajstić information content (AvgIpc) is 2.72. The second-order valence-corrected chi connectivity index (χ2v) is 5.18. The van der Waals surface area contributed by atoms with E-state index in [1.165, 1.54) is 11.3 Å². The summed E-state index contributed by atoms with van der Waals surface area (Å²) in [4.78, 5) is 0. The Bertz CT molecular complexity index is 490. The van der Waals surface area contributed by atoms with Crippen LogP contribution in [0.15, 0.2) is 47.1 Å². The predicted octanol–water partition coefficient (Wildman–Crippen LogP) is 3.64. The third-order valence-corrected chi connectivity index (χ3v) is 3.48. The van der Waals surface area contributed by atoms with Crippen molar-refractivity contribution >= 4 is 15.9 Å². The first-order valence-electron chi connectivity index (χ1n) is 5.76. The molecule has 0 aliphatic heterocycles. The average molecular weight is 293 g/mol. The van der Waals surface area contributed by atoms with E-state index in [2.05, 4.69) is 76.3 Å². The molecule has 0 saturated heterocycles. The summed E-state index contributed by atoms with van der Waals surface area (Å²) in [6.07, 6.45) is 2.07. The van der Waals surface area contributed by atoms with Crippen molar-refractivity contribution in [3.63, 3.8) is 0 Å². The van der Waals surface area contributed by atoms with Gasteiger partial charge in [-0.15, -0.1) is 0 Å². The van der Waals surface area contributed by atoms with Crippen LogP contribution in [0.2, 0.25) is 0 Å². The second-order valence-electron chi connectivity index (χ2n) is 4.27. The van der Waals surface area contributed by atoms with Crippen LogP contribution in [0.1, 0.15) is 24.2 Å². The van der Waals surface area contributed by atoms with Crippen LogP contribution < -0.4 is 5.32 Å². The summed E-state index contributed by atoms with van der Waals surface area (Å²) in [5.74, 6) is 0. The van der Waals surface area contributed by atoms with E-state index in [9.17, 15) is 0 Å². The topological polar surface area (TPSA) is 17.0 Å². The van der Waals surface area contributed by atoms with Crippen LogP contribution in [0.25, 0.3) is 0 Å². The molecule has 2 nitrogen and oxygen atoms in total. The van der Waals surface area contributed by atoms with Crippen molar-refractivity contribution in [1.29, 1.82) is 0 Å². The van der Waals surface area contributed by atoms with E-state index in [0.717, 1.165) is 11.0 Å². The molecule has 90 valence electrons. The maximum absolute atomic E-state index is 3.53. The Morgan fingerprint density at radius 2 is 2.12 bits per heavy atom. The third kappa shape index (κ3) is 3.20. The molecule has 0 radical (unpaired) electrons. The van der Waals surface area contributed by atoms with Gasteiger partial charge < -0.3 is 9.88 Å². The minimum absolute atomic E-state index is 0.349. The molecule has 0 amide bonds. The van der Waals surface area contributed by atoms with Gasteiger partial charge >= 0.3 is 0 Å². The van der Waals surface area contributed by atoms with E-state index in [0.29, 0.717) is 6.04 Å². The molecule has 0 aliphatic carbocycles. The molecule has 1 N–H and O–H groups in total. The van der Waals surface area contributed by atoms with E-state index < -0.39 is 0 Å². The normalized spacial score (nSPS) is 12.6. The summed E-state index contributed by atoms with van der Waals surface area (Å²) in [5.41, 5.74) is 2.60. The Labute approximate surface area is 111 Å². The second kappa shape index (κ2) is 5.52. The molecule has 0 unspecified atom stereocenters. The van der Waals surface area contributed by atoms with Crippen LogP contribution in [0.3, 0.4) is 0 Å². The SMILES string of the molecule is C[C@@H](NCc1cccn1C)c1cccc(Br)c1. The Kier molecular flexibility index (Phi) is 4.02. The van der Waals surface area contributed by atoms with Crippen molar-refractivity contribution in [3.05, 3.63) is 58.3 Å². The van der Waals surface area contributed by atoms with Gasteiger partial charge in [-0.2, -0.15) is 0 Å². The highest BCUT2D eigenvalue weighted by atomic mass is 79.9. The van der Waals surface area contributed by atoms with Crippen LogP contribution in [-0.4, -0.2) is 4.57 Å². The zero-order valence-corrected chi connectivity index (χ0v) is 11.7. The molecule has 1 aromatic carbocycles. The lowest BCUT2D eigenvalue weighted by Crippen LogP contribution is -2.19. The molecule has 2 rings (SSSR count). The van der Waals surface area contributed by atoms with Crippen molar-refractivity contribution < 1.29 is 0 Å². The van der Waals surface area contributed by atoms with Crippen LogP contribution in [0.4, 0.5) is 0 Å². The van der Waals surface area contributed by atoms with Gasteiger partial charge in [0.15, 0.2) is 0 Å². The van der Waals surface area contributed by atoms with Gasteiger partial charge in [0.1, 0.15) is 0 Å². The number of nitrogens with zero attached hydrogens (tertiary/aromatic N) is 1. The van der Waals surface area contributed by atoms with Crippen molar-refractivity contribution in [2.24, 2.45) is 7.05 Å². The molecular formula is C14H17BrN2. The number of aromatic nitrogens is 1. The quantitative estimate of drug-likeness (QED) is 0.910. The lowest BCUT2D eigenvalue weighted by Gasteiger charge is -2.15. The first-order valence-corrected chi connectivity index (χ1v) is 6.55. The monoisotopic (exact) mass is 292 g/mol. The fourth-order valence-electron chi connectivity index (χ4n) is 1.83. The van der Waals surface area contributed by atoms with Crippen LogP contribution in [-0.2, 0) is 13.6 Å². The molecule has 0 saturated carbocycles. The first kappa shape index (κ1) is 12.4.